The van der Waals surface area contributed by atoms with Crippen LogP contribution >= 0.6 is 47.8 Å². The molecule has 0 unspecified atom stereocenters. The van der Waals surface area contributed by atoms with E-state index >= 15 is 0 Å². The van der Waals surface area contributed by atoms with Gasteiger partial charge < -0.3 is 5.32 Å². The number of rotatable bonds is 4. The first kappa shape index (κ1) is 15.5. The van der Waals surface area contributed by atoms with Crippen LogP contribution in [0, 0.1) is 10.1 Å². The van der Waals surface area contributed by atoms with Crippen LogP contribution in [0.3, 0.4) is 0 Å². The van der Waals surface area contributed by atoms with Crippen molar-refractivity contribution in [2.45, 2.75) is 6.54 Å². The molecule has 20 heavy (non-hydrogen) atoms. The third kappa shape index (κ3) is 3.59. The summed E-state index contributed by atoms with van der Waals surface area (Å²) in [6.45, 7) is 0.483. The minimum Gasteiger partial charge on any atom is -0.380 e. The second kappa shape index (κ2) is 6.69. The van der Waals surface area contributed by atoms with Crippen LogP contribution in [0.1, 0.15) is 5.56 Å². The van der Waals surface area contributed by atoms with Gasteiger partial charge in [0, 0.05) is 27.2 Å². The van der Waals surface area contributed by atoms with E-state index in [9.17, 15) is 10.1 Å². The van der Waals surface area contributed by atoms with Gasteiger partial charge in [0.15, 0.2) is 0 Å². The summed E-state index contributed by atoms with van der Waals surface area (Å²) in [6, 6.07) is 10.8. The van der Waals surface area contributed by atoms with Crippen molar-refractivity contribution < 1.29 is 4.92 Å². The van der Waals surface area contributed by atoms with Gasteiger partial charge in [-0.2, -0.15) is 0 Å². The summed E-state index contributed by atoms with van der Waals surface area (Å²) in [5.74, 6) is 0. The number of anilines is 1. The zero-order valence-electron chi connectivity index (χ0n) is 10.1. The van der Waals surface area contributed by atoms with E-state index < -0.39 is 4.92 Å². The molecule has 1 N–H and O–H groups in total. The first-order valence-electron chi connectivity index (χ1n) is 5.59. The number of benzene rings is 2. The van der Waals surface area contributed by atoms with Crippen LogP contribution in [0.25, 0.3) is 0 Å². The molecule has 0 aliphatic carbocycles. The standard InChI is InChI=1S/C13H9Br3N2O2/c14-9-4-5-10(15)11(6-9)17-7-8-2-1-3-12(13(8)16)18(19)20/h1-6,17H,7H2. The fraction of sp³-hybridized carbons (Fsp3) is 0.0769. The average molecular weight is 465 g/mol. The Bertz CT molecular complexity index is 662. The summed E-state index contributed by atoms with van der Waals surface area (Å²) in [5, 5.41) is 14.1. The summed E-state index contributed by atoms with van der Waals surface area (Å²) < 4.78 is 2.40. The van der Waals surface area contributed by atoms with Gasteiger partial charge in [0.25, 0.3) is 5.69 Å². The van der Waals surface area contributed by atoms with Crippen LogP contribution in [0.4, 0.5) is 11.4 Å². The van der Waals surface area contributed by atoms with E-state index in [1.165, 1.54) is 6.07 Å². The molecule has 0 aromatic heterocycles. The van der Waals surface area contributed by atoms with Gasteiger partial charge in [-0.15, -0.1) is 0 Å². The SMILES string of the molecule is O=[N+]([O-])c1cccc(CNc2cc(Br)ccc2Br)c1Br. The lowest BCUT2D eigenvalue weighted by Gasteiger charge is -2.10. The summed E-state index contributed by atoms with van der Waals surface area (Å²) >= 11 is 10.2. The van der Waals surface area contributed by atoms with Crippen LogP contribution in [0.2, 0.25) is 0 Å². The number of nitrogens with one attached hydrogen (secondary N) is 1. The highest BCUT2D eigenvalue weighted by Gasteiger charge is 2.14. The molecule has 0 radical (unpaired) electrons. The van der Waals surface area contributed by atoms with Gasteiger partial charge in [-0.3, -0.25) is 10.1 Å². The highest BCUT2D eigenvalue weighted by molar-refractivity contribution is 9.11. The molecular formula is C13H9Br3N2O2. The molecule has 104 valence electrons. The lowest BCUT2D eigenvalue weighted by Crippen LogP contribution is -2.02. The van der Waals surface area contributed by atoms with Gasteiger partial charge in [0.05, 0.1) is 4.92 Å². The molecule has 0 fully saturated rings. The van der Waals surface area contributed by atoms with E-state index in [2.05, 4.69) is 53.1 Å². The Hall–Kier alpha value is -0.920. The molecule has 0 heterocycles. The number of hydrogen-bond donors (Lipinski definition) is 1. The Labute approximate surface area is 141 Å². The zero-order chi connectivity index (χ0) is 14.7. The van der Waals surface area contributed by atoms with Crippen molar-refractivity contribution in [1.29, 1.82) is 0 Å². The van der Waals surface area contributed by atoms with E-state index in [4.69, 9.17) is 0 Å². The van der Waals surface area contributed by atoms with Gasteiger partial charge in [-0.25, -0.2) is 0 Å². The van der Waals surface area contributed by atoms with Crippen LogP contribution in [-0.2, 0) is 6.54 Å². The first-order chi connectivity index (χ1) is 9.49. The molecule has 0 atom stereocenters. The smallest absolute Gasteiger partial charge is 0.283 e. The van der Waals surface area contributed by atoms with Crippen molar-refractivity contribution in [3.05, 3.63) is 65.5 Å². The van der Waals surface area contributed by atoms with Gasteiger partial charge in [-0.1, -0.05) is 28.1 Å². The maximum atomic E-state index is 10.9. The highest BCUT2D eigenvalue weighted by Crippen LogP contribution is 2.30. The van der Waals surface area contributed by atoms with Crippen LogP contribution in [0.15, 0.2) is 49.8 Å². The maximum Gasteiger partial charge on any atom is 0.283 e. The van der Waals surface area contributed by atoms with E-state index in [0.717, 1.165) is 20.2 Å². The molecule has 0 saturated carbocycles. The summed E-state index contributed by atoms with van der Waals surface area (Å²) in [5.41, 5.74) is 1.81. The first-order valence-corrected chi connectivity index (χ1v) is 7.97. The number of nitrogens with zero attached hydrogens (tertiary/aromatic N) is 1. The molecule has 0 saturated heterocycles. The van der Waals surface area contributed by atoms with E-state index in [0.29, 0.717) is 11.0 Å². The number of nitro groups is 1. The Kier molecular flexibility index (Phi) is 5.17. The molecule has 0 aliphatic rings. The van der Waals surface area contributed by atoms with Crippen molar-refractivity contribution in [3.8, 4) is 0 Å². The van der Waals surface area contributed by atoms with Crippen molar-refractivity contribution in [2.24, 2.45) is 0 Å². The third-order valence-electron chi connectivity index (χ3n) is 2.65. The fourth-order valence-corrected chi connectivity index (χ4v) is 2.96. The molecule has 0 aliphatic heterocycles. The topological polar surface area (TPSA) is 55.2 Å². The highest BCUT2D eigenvalue weighted by atomic mass is 79.9. The number of nitro benzene ring substituents is 1. The van der Waals surface area contributed by atoms with Crippen molar-refractivity contribution in [2.75, 3.05) is 5.32 Å². The lowest BCUT2D eigenvalue weighted by atomic mass is 10.2. The van der Waals surface area contributed by atoms with Gasteiger partial charge in [0.2, 0.25) is 0 Å². The monoisotopic (exact) mass is 462 g/mol. The van der Waals surface area contributed by atoms with E-state index in [1.54, 1.807) is 6.07 Å². The van der Waals surface area contributed by atoms with Gasteiger partial charge in [0.1, 0.15) is 4.47 Å². The number of halogens is 3. The Balaban J connectivity index is 2.21. The minimum absolute atomic E-state index is 0.0672. The Morgan fingerprint density at radius 3 is 2.60 bits per heavy atom. The summed E-state index contributed by atoms with van der Waals surface area (Å²) in [4.78, 5) is 10.5. The predicted molar refractivity (Wildman–Crippen MR) is 90.0 cm³/mol. The Morgan fingerprint density at radius 1 is 1.15 bits per heavy atom. The van der Waals surface area contributed by atoms with E-state index in [1.807, 2.05) is 24.3 Å². The van der Waals surface area contributed by atoms with Gasteiger partial charge >= 0.3 is 0 Å². The van der Waals surface area contributed by atoms with Gasteiger partial charge in [-0.05, 0) is 55.6 Å². The molecule has 2 aromatic rings. The average Bonchev–Trinajstić information content (AvgIpc) is 2.41. The molecule has 4 nitrogen and oxygen atoms in total. The third-order valence-corrected chi connectivity index (χ3v) is 4.75. The second-order valence-corrected chi connectivity index (χ2v) is 6.55. The molecule has 7 heteroatoms. The predicted octanol–water partition coefficient (Wildman–Crippen LogP) is 5.49. The summed E-state index contributed by atoms with van der Waals surface area (Å²) in [6.07, 6.45) is 0. The van der Waals surface area contributed by atoms with Crippen LogP contribution in [-0.4, -0.2) is 4.92 Å². The fourth-order valence-electron chi connectivity index (χ4n) is 1.67. The molecular weight excluding hydrogens is 456 g/mol. The van der Waals surface area contributed by atoms with Crippen molar-refractivity contribution in [3.63, 3.8) is 0 Å². The van der Waals surface area contributed by atoms with Crippen LogP contribution in [0.5, 0.6) is 0 Å². The van der Waals surface area contributed by atoms with Crippen LogP contribution < -0.4 is 5.32 Å². The van der Waals surface area contributed by atoms with Crippen molar-refractivity contribution >= 4 is 59.2 Å². The normalized spacial score (nSPS) is 10.3. The summed E-state index contributed by atoms with van der Waals surface area (Å²) in [7, 11) is 0. The second-order valence-electron chi connectivity index (χ2n) is 3.99. The molecule has 2 aromatic carbocycles. The van der Waals surface area contributed by atoms with E-state index in [-0.39, 0.29) is 5.69 Å². The Morgan fingerprint density at radius 2 is 1.90 bits per heavy atom. The molecule has 0 amide bonds. The maximum absolute atomic E-state index is 10.9. The molecule has 0 bridgehead atoms. The van der Waals surface area contributed by atoms with Crippen molar-refractivity contribution in [1.82, 2.24) is 0 Å². The zero-order valence-corrected chi connectivity index (χ0v) is 14.8. The minimum atomic E-state index is -0.400. The lowest BCUT2D eigenvalue weighted by molar-refractivity contribution is -0.385. The quantitative estimate of drug-likeness (QED) is 0.480. The molecule has 0 spiro atoms. The largest absolute Gasteiger partial charge is 0.380 e. The molecule has 2 rings (SSSR count). The number of hydrogen-bond acceptors (Lipinski definition) is 3.